The van der Waals surface area contributed by atoms with Gasteiger partial charge in [-0.25, -0.2) is 4.79 Å². The van der Waals surface area contributed by atoms with Crippen LogP contribution in [-0.4, -0.2) is 48.0 Å². The number of carboxylic acid groups (broad SMARTS) is 1. The van der Waals surface area contributed by atoms with E-state index in [2.05, 4.69) is 17.5 Å². The molecule has 120 valence electrons. The van der Waals surface area contributed by atoms with E-state index in [1.54, 1.807) is 7.11 Å². The average Bonchev–Trinajstić information content (AvgIpc) is 2.48. The Morgan fingerprint density at radius 1 is 1.59 bits per heavy atom. The molecule has 1 unspecified atom stereocenters. The van der Waals surface area contributed by atoms with E-state index in [1.165, 1.54) is 6.08 Å². The molecular formula is C16H20ClNO3S. The van der Waals surface area contributed by atoms with Gasteiger partial charge in [-0.1, -0.05) is 29.8 Å². The Labute approximate surface area is 141 Å². The first-order chi connectivity index (χ1) is 10.5. The standard InChI is InChI=1S/C16H20ClNO3S/c1-21-10-14(12-4-2-3-5-13(12)17)18-7-6-15(22)11(9-18)8-16(19)20/h2-5,8,14-15,22H,6-7,9-10H2,1H3,(H,19,20)/b11-8-/t14-,15?/m1/s1. The zero-order valence-corrected chi connectivity index (χ0v) is 14.1. The van der Waals surface area contributed by atoms with Crippen molar-refractivity contribution in [2.45, 2.75) is 17.7 Å². The molecule has 1 saturated heterocycles. The van der Waals surface area contributed by atoms with Crippen molar-refractivity contribution in [3.63, 3.8) is 0 Å². The van der Waals surface area contributed by atoms with Crippen molar-refractivity contribution in [2.24, 2.45) is 0 Å². The highest BCUT2D eigenvalue weighted by Gasteiger charge is 2.29. The average molecular weight is 342 g/mol. The Balaban J connectivity index is 2.26. The van der Waals surface area contributed by atoms with Crippen molar-refractivity contribution in [1.82, 2.24) is 4.90 Å². The van der Waals surface area contributed by atoms with E-state index in [0.29, 0.717) is 18.2 Å². The van der Waals surface area contributed by atoms with Crippen LogP contribution in [-0.2, 0) is 9.53 Å². The fourth-order valence-electron chi connectivity index (χ4n) is 2.75. The van der Waals surface area contributed by atoms with E-state index in [9.17, 15) is 4.79 Å². The van der Waals surface area contributed by atoms with E-state index >= 15 is 0 Å². The molecule has 1 aliphatic heterocycles. The summed E-state index contributed by atoms with van der Waals surface area (Å²) in [5, 5.41) is 9.68. The number of likely N-dealkylation sites (tertiary alicyclic amines) is 1. The van der Waals surface area contributed by atoms with Gasteiger partial charge in [0.05, 0.1) is 12.6 Å². The van der Waals surface area contributed by atoms with Gasteiger partial charge in [-0.15, -0.1) is 0 Å². The molecule has 2 rings (SSSR count). The van der Waals surface area contributed by atoms with E-state index in [0.717, 1.165) is 24.1 Å². The van der Waals surface area contributed by atoms with Gasteiger partial charge in [0.1, 0.15) is 0 Å². The maximum atomic E-state index is 11.0. The molecule has 4 nitrogen and oxygen atoms in total. The predicted octanol–water partition coefficient (Wildman–Crippen LogP) is 3.04. The molecule has 0 bridgehead atoms. The largest absolute Gasteiger partial charge is 0.478 e. The number of hydrogen-bond acceptors (Lipinski definition) is 4. The van der Waals surface area contributed by atoms with Gasteiger partial charge in [0.25, 0.3) is 0 Å². The van der Waals surface area contributed by atoms with E-state index in [4.69, 9.17) is 21.4 Å². The number of nitrogens with zero attached hydrogens (tertiary/aromatic N) is 1. The maximum Gasteiger partial charge on any atom is 0.328 e. The Morgan fingerprint density at radius 3 is 2.95 bits per heavy atom. The number of piperidine rings is 1. The molecule has 22 heavy (non-hydrogen) atoms. The van der Waals surface area contributed by atoms with Crippen LogP contribution in [0.2, 0.25) is 5.02 Å². The van der Waals surface area contributed by atoms with Crippen LogP contribution in [0, 0.1) is 0 Å². The second kappa shape index (κ2) is 8.02. The third-order valence-electron chi connectivity index (χ3n) is 3.84. The van der Waals surface area contributed by atoms with Crippen LogP contribution in [0.5, 0.6) is 0 Å². The van der Waals surface area contributed by atoms with Crippen LogP contribution in [0.1, 0.15) is 18.0 Å². The Hall–Kier alpha value is -1.01. The van der Waals surface area contributed by atoms with Gasteiger partial charge < -0.3 is 9.84 Å². The smallest absolute Gasteiger partial charge is 0.328 e. The van der Waals surface area contributed by atoms with Crippen LogP contribution < -0.4 is 0 Å². The summed E-state index contributed by atoms with van der Waals surface area (Å²) in [5.41, 5.74) is 1.81. The second-order valence-electron chi connectivity index (χ2n) is 5.33. The van der Waals surface area contributed by atoms with Gasteiger partial charge in [0.2, 0.25) is 0 Å². The van der Waals surface area contributed by atoms with Crippen LogP contribution in [0.3, 0.4) is 0 Å². The Kier molecular flexibility index (Phi) is 6.32. The highest BCUT2D eigenvalue weighted by molar-refractivity contribution is 7.81. The highest BCUT2D eigenvalue weighted by Crippen LogP contribution is 2.32. The van der Waals surface area contributed by atoms with Crippen molar-refractivity contribution in [3.8, 4) is 0 Å². The molecule has 6 heteroatoms. The SMILES string of the molecule is COC[C@H](c1ccccc1Cl)N1CCC(S)/C(=C\C(=O)O)C1. The molecule has 1 N–H and O–H groups in total. The molecule has 1 heterocycles. The summed E-state index contributed by atoms with van der Waals surface area (Å²) < 4.78 is 5.35. The molecule has 0 amide bonds. The molecule has 0 spiro atoms. The Bertz CT molecular complexity index is 564. The summed E-state index contributed by atoms with van der Waals surface area (Å²) >= 11 is 10.8. The summed E-state index contributed by atoms with van der Waals surface area (Å²) in [6, 6.07) is 7.68. The molecule has 1 aromatic carbocycles. The first-order valence-corrected chi connectivity index (χ1v) is 8.01. The minimum absolute atomic E-state index is 0.00303. The van der Waals surface area contributed by atoms with Crippen molar-refractivity contribution >= 4 is 30.2 Å². The molecule has 1 fully saturated rings. The number of thiol groups is 1. The van der Waals surface area contributed by atoms with Crippen molar-refractivity contribution in [3.05, 3.63) is 46.5 Å². The van der Waals surface area contributed by atoms with E-state index in [-0.39, 0.29) is 11.3 Å². The number of aliphatic carboxylic acids is 1. The normalized spacial score (nSPS) is 22.7. The van der Waals surface area contributed by atoms with Gasteiger partial charge in [-0.3, -0.25) is 4.90 Å². The van der Waals surface area contributed by atoms with Crippen LogP contribution in [0.4, 0.5) is 0 Å². The lowest BCUT2D eigenvalue weighted by molar-refractivity contribution is -0.131. The molecule has 0 aliphatic carbocycles. The number of hydrogen-bond donors (Lipinski definition) is 2. The first kappa shape index (κ1) is 17.3. The number of carbonyl (C=O) groups is 1. The number of ether oxygens (including phenoxy) is 1. The minimum atomic E-state index is -0.933. The topological polar surface area (TPSA) is 49.8 Å². The van der Waals surface area contributed by atoms with Crippen LogP contribution in [0.15, 0.2) is 35.9 Å². The van der Waals surface area contributed by atoms with Gasteiger partial charge in [-0.2, -0.15) is 12.6 Å². The van der Waals surface area contributed by atoms with Gasteiger partial charge >= 0.3 is 5.97 Å². The van der Waals surface area contributed by atoms with Gasteiger partial charge in [-0.05, 0) is 23.6 Å². The van der Waals surface area contributed by atoms with Gasteiger partial charge in [0.15, 0.2) is 0 Å². The van der Waals surface area contributed by atoms with E-state index in [1.807, 2.05) is 24.3 Å². The third-order valence-corrected chi connectivity index (χ3v) is 4.78. The summed E-state index contributed by atoms with van der Waals surface area (Å²) in [6.45, 7) is 1.88. The molecule has 1 aliphatic rings. The van der Waals surface area contributed by atoms with Crippen molar-refractivity contribution < 1.29 is 14.6 Å². The first-order valence-electron chi connectivity index (χ1n) is 7.11. The fourth-order valence-corrected chi connectivity index (χ4v) is 3.29. The molecule has 0 saturated carbocycles. The lowest BCUT2D eigenvalue weighted by Gasteiger charge is -2.38. The molecule has 0 aromatic heterocycles. The monoisotopic (exact) mass is 341 g/mol. The highest BCUT2D eigenvalue weighted by atomic mass is 35.5. The summed E-state index contributed by atoms with van der Waals surface area (Å²) in [4.78, 5) is 13.2. The van der Waals surface area contributed by atoms with Crippen LogP contribution >= 0.6 is 24.2 Å². The number of rotatable bonds is 5. The predicted molar refractivity (Wildman–Crippen MR) is 90.8 cm³/mol. The Morgan fingerprint density at radius 2 is 2.32 bits per heavy atom. The van der Waals surface area contributed by atoms with E-state index < -0.39 is 5.97 Å². The summed E-state index contributed by atoms with van der Waals surface area (Å²) in [6.07, 6.45) is 2.06. The lowest BCUT2D eigenvalue weighted by atomic mass is 9.98. The van der Waals surface area contributed by atoms with Crippen LogP contribution in [0.25, 0.3) is 0 Å². The molecule has 1 aromatic rings. The second-order valence-corrected chi connectivity index (χ2v) is 6.36. The molecular weight excluding hydrogens is 322 g/mol. The zero-order chi connectivity index (χ0) is 16.1. The number of carboxylic acids is 1. The third kappa shape index (κ3) is 4.26. The molecule has 2 atom stereocenters. The number of methoxy groups -OCH3 is 1. The minimum Gasteiger partial charge on any atom is -0.478 e. The van der Waals surface area contributed by atoms with Crippen molar-refractivity contribution in [2.75, 3.05) is 26.8 Å². The maximum absolute atomic E-state index is 11.0. The molecule has 0 radical (unpaired) electrons. The quantitative estimate of drug-likeness (QED) is 0.638. The van der Waals surface area contributed by atoms with Crippen molar-refractivity contribution in [1.29, 1.82) is 0 Å². The number of halogens is 1. The lowest BCUT2D eigenvalue weighted by Crippen LogP contribution is -2.40. The number of benzene rings is 1. The van der Waals surface area contributed by atoms with Gasteiger partial charge in [0, 0.05) is 36.5 Å². The zero-order valence-electron chi connectivity index (χ0n) is 12.4. The fraction of sp³-hybridized carbons (Fsp3) is 0.438. The summed E-state index contributed by atoms with van der Waals surface area (Å²) in [7, 11) is 1.66. The summed E-state index contributed by atoms with van der Waals surface area (Å²) in [5.74, 6) is -0.933.